The highest BCUT2D eigenvalue weighted by molar-refractivity contribution is 6.34. The number of aromatic nitrogens is 2. The molecular weight excluding hydrogens is 407 g/mol. The summed E-state index contributed by atoms with van der Waals surface area (Å²) >= 11 is 18.4. The standard InChI is InChI=1S/C20H11Cl3N2O2/c21-14-5-1-11(2-6-14)17-18(12-3-7-15(22)8-4-12)25-10-13(20(26)27)9-16(23)19(25)24-17/h1-10H,(H,26,27). The maximum atomic E-state index is 11.5. The van der Waals surface area contributed by atoms with Gasteiger partial charge in [0.2, 0.25) is 0 Å². The topological polar surface area (TPSA) is 54.6 Å². The molecule has 0 radical (unpaired) electrons. The van der Waals surface area contributed by atoms with Gasteiger partial charge in [0.1, 0.15) is 0 Å². The second kappa shape index (κ2) is 6.89. The van der Waals surface area contributed by atoms with Crippen LogP contribution < -0.4 is 0 Å². The van der Waals surface area contributed by atoms with Crippen LogP contribution in [0.2, 0.25) is 15.1 Å². The van der Waals surface area contributed by atoms with Crippen molar-refractivity contribution in [2.75, 3.05) is 0 Å². The van der Waals surface area contributed by atoms with Crippen LogP contribution in [-0.2, 0) is 0 Å². The molecule has 4 aromatic rings. The highest BCUT2D eigenvalue weighted by atomic mass is 35.5. The van der Waals surface area contributed by atoms with Crippen LogP contribution >= 0.6 is 34.8 Å². The number of halogens is 3. The average molecular weight is 418 g/mol. The lowest BCUT2D eigenvalue weighted by molar-refractivity contribution is 0.0696. The minimum absolute atomic E-state index is 0.0720. The van der Waals surface area contributed by atoms with Gasteiger partial charge < -0.3 is 5.11 Å². The number of aromatic carboxylic acids is 1. The molecule has 0 saturated heterocycles. The SMILES string of the molecule is O=C(O)c1cc(Cl)c2nc(-c3ccc(Cl)cc3)c(-c3ccc(Cl)cc3)n2c1. The summed E-state index contributed by atoms with van der Waals surface area (Å²) in [5.41, 5.74) is 3.59. The molecule has 27 heavy (non-hydrogen) atoms. The maximum Gasteiger partial charge on any atom is 0.337 e. The minimum Gasteiger partial charge on any atom is -0.478 e. The Balaban J connectivity index is 2.08. The van der Waals surface area contributed by atoms with Crippen LogP contribution in [0.5, 0.6) is 0 Å². The molecule has 0 atom stereocenters. The number of fused-ring (bicyclic) bond motifs is 1. The Morgan fingerprint density at radius 2 is 1.44 bits per heavy atom. The van der Waals surface area contributed by atoms with E-state index in [4.69, 9.17) is 34.8 Å². The number of imidazole rings is 1. The molecule has 0 saturated carbocycles. The summed E-state index contributed by atoms with van der Waals surface area (Å²) < 4.78 is 1.69. The molecule has 0 spiro atoms. The smallest absolute Gasteiger partial charge is 0.337 e. The van der Waals surface area contributed by atoms with Crippen LogP contribution in [0.3, 0.4) is 0 Å². The van der Waals surface area contributed by atoms with E-state index in [1.165, 1.54) is 12.3 Å². The second-order valence-corrected chi connectivity index (χ2v) is 7.18. The molecule has 0 amide bonds. The molecule has 7 heteroatoms. The Labute approximate surface area is 169 Å². The molecule has 2 aromatic carbocycles. The van der Waals surface area contributed by atoms with Gasteiger partial charge >= 0.3 is 5.97 Å². The molecule has 0 aliphatic carbocycles. The van der Waals surface area contributed by atoms with Gasteiger partial charge in [0.15, 0.2) is 5.65 Å². The van der Waals surface area contributed by atoms with E-state index >= 15 is 0 Å². The maximum absolute atomic E-state index is 11.5. The normalized spacial score (nSPS) is 11.1. The van der Waals surface area contributed by atoms with Crippen molar-refractivity contribution in [3.63, 3.8) is 0 Å². The number of nitrogens with zero attached hydrogens (tertiary/aromatic N) is 2. The van der Waals surface area contributed by atoms with Gasteiger partial charge in [0, 0.05) is 27.4 Å². The Morgan fingerprint density at radius 1 is 0.889 bits per heavy atom. The predicted molar refractivity (Wildman–Crippen MR) is 108 cm³/mol. The lowest BCUT2D eigenvalue weighted by Crippen LogP contribution is -2.00. The first-order valence-corrected chi connectivity index (χ1v) is 9.04. The lowest BCUT2D eigenvalue weighted by Gasteiger charge is -2.07. The zero-order valence-corrected chi connectivity index (χ0v) is 15.9. The molecule has 134 valence electrons. The number of carboxylic acid groups (broad SMARTS) is 1. The monoisotopic (exact) mass is 416 g/mol. The predicted octanol–water partition coefficient (Wildman–Crippen LogP) is 6.33. The summed E-state index contributed by atoms with van der Waals surface area (Å²) in [5, 5.41) is 10.9. The number of carboxylic acids is 1. The molecule has 4 nitrogen and oxygen atoms in total. The number of carbonyl (C=O) groups is 1. The van der Waals surface area contributed by atoms with Gasteiger partial charge in [-0.05, 0) is 30.3 Å². The summed E-state index contributed by atoms with van der Waals surface area (Å²) in [7, 11) is 0. The van der Waals surface area contributed by atoms with E-state index in [-0.39, 0.29) is 10.6 Å². The summed E-state index contributed by atoms with van der Waals surface area (Å²) in [4.78, 5) is 16.2. The van der Waals surface area contributed by atoms with E-state index in [2.05, 4.69) is 4.98 Å². The Hall–Kier alpha value is -2.53. The lowest BCUT2D eigenvalue weighted by atomic mass is 10.0. The molecule has 0 fully saturated rings. The first-order chi connectivity index (χ1) is 12.9. The highest BCUT2D eigenvalue weighted by Crippen LogP contribution is 2.36. The molecule has 2 aromatic heterocycles. The summed E-state index contributed by atoms with van der Waals surface area (Å²) in [5.74, 6) is -1.07. The highest BCUT2D eigenvalue weighted by Gasteiger charge is 2.19. The first kappa shape index (κ1) is 17.9. The number of hydrogen-bond acceptors (Lipinski definition) is 2. The third kappa shape index (κ3) is 3.28. The minimum atomic E-state index is -1.07. The van der Waals surface area contributed by atoms with Gasteiger partial charge in [-0.15, -0.1) is 0 Å². The van der Waals surface area contributed by atoms with E-state index < -0.39 is 5.97 Å². The van der Waals surface area contributed by atoms with Crippen LogP contribution in [0.25, 0.3) is 28.2 Å². The summed E-state index contributed by atoms with van der Waals surface area (Å²) in [6, 6.07) is 15.9. The summed E-state index contributed by atoms with van der Waals surface area (Å²) in [6.45, 7) is 0. The van der Waals surface area contributed by atoms with Crippen LogP contribution in [0.4, 0.5) is 0 Å². The zero-order chi connectivity index (χ0) is 19.1. The Morgan fingerprint density at radius 3 is 2.00 bits per heavy atom. The molecule has 0 unspecified atom stereocenters. The van der Waals surface area contributed by atoms with Gasteiger partial charge in [-0.25, -0.2) is 9.78 Å². The molecule has 2 heterocycles. The fourth-order valence-corrected chi connectivity index (χ4v) is 3.42. The quantitative estimate of drug-likeness (QED) is 0.424. The van der Waals surface area contributed by atoms with Crippen molar-refractivity contribution in [2.24, 2.45) is 0 Å². The number of benzene rings is 2. The van der Waals surface area contributed by atoms with Gasteiger partial charge in [-0.1, -0.05) is 59.1 Å². The molecule has 0 aliphatic heterocycles. The number of hydrogen-bond donors (Lipinski definition) is 1. The van der Waals surface area contributed by atoms with Crippen molar-refractivity contribution >= 4 is 46.4 Å². The zero-order valence-electron chi connectivity index (χ0n) is 13.7. The van der Waals surface area contributed by atoms with E-state index in [1.807, 2.05) is 24.3 Å². The first-order valence-electron chi connectivity index (χ1n) is 7.91. The fraction of sp³-hybridized carbons (Fsp3) is 0. The van der Waals surface area contributed by atoms with Crippen LogP contribution in [-0.4, -0.2) is 20.5 Å². The van der Waals surface area contributed by atoms with Crippen molar-refractivity contribution in [1.29, 1.82) is 0 Å². The molecule has 4 rings (SSSR count). The van der Waals surface area contributed by atoms with E-state index in [0.717, 1.165) is 11.1 Å². The third-order valence-electron chi connectivity index (χ3n) is 4.16. The van der Waals surface area contributed by atoms with Crippen molar-refractivity contribution < 1.29 is 9.90 Å². The molecule has 1 N–H and O–H groups in total. The van der Waals surface area contributed by atoms with Gasteiger partial charge in [-0.2, -0.15) is 0 Å². The van der Waals surface area contributed by atoms with Crippen molar-refractivity contribution in [3.8, 4) is 22.5 Å². The number of rotatable bonds is 3. The molecule has 0 aliphatic rings. The molecule has 0 bridgehead atoms. The second-order valence-electron chi connectivity index (χ2n) is 5.90. The van der Waals surface area contributed by atoms with Crippen LogP contribution in [0, 0.1) is 0 Å². The Bertz CT molecular complexity index is 1170. The van der Waals surface area contributed by atoms with Crippen LogP contribution in [0.15, 0.2) is 60.8 Å². The van der Waals surface area contributed by atoms with Crippen LogP contribution in [0.1, 0.15) is 10.4 Å². The van der Waals surface area contributed by atoms with Crippen molar-refractivity contribution in [3.05, 3.63) is 81.4 Å². The molecular formula is C20H11Cl3N2O2. The largest absolute Gasteiger partial charge is 0.478 e. The average Bonchev–Trinajstić information content (AvgIpc) is 3.03. The van der Waals surface area contributed by atoms with Gasteiger partial charge in [0.25, 0.3) is 0 Å². The van der Waals surface area contributed by atoms with E-state index in [9.17, 15) is 9.90 Å². The van der Waals surface area contributed by atoms with Crippen molar-refractivity contribution in [1.82, 2.24) is 9.38 Å². The van der Waals surface area contributed by atoms with E-state index in [0.29, 0.717) is 27.1 Å². The fourth-order valence-electron chi connectivity index (χ4n) is 2.91. The Kier molecular flexibility index (Phi) is 4.56. The third-order valence-corrected chi connectivity index (χ3v) is 4.94. The van der Waals surface area contributed by atoms with E-state index in [1.54, 1.807) is 28.7 Å². The van der Waals surface area contributed by atoms with Gasteiger partial charge in [0.05, 0.1) is 22.0 Å². The van der Waals surface area contributed by atoms with Gasteiger partial charge in [-0.3, -0.25) is 4.40 Å². The summed E-state index contributed by atoms with van der Waals surface area (Å²) in [6.07, 6.45) is 1.51. The van der Waals surface area contributed by atoms with Crippen molar-refractivity contribution in [2.45, 2.75) is 0 Å². The number of pyridine rings is 1.